The second kappa shape index (κ2) is 4.70. The van der Waals surface area contributed by atoms with Gasteiger partial charge in [-0.15, -0.1) is 0 Å². The van der Waals surface area contributed by atoms with Crippen LogP contribution in [0.4, 0.5) is 11.4 Å². The number of carbonyl (C=O) groups is 1. The maximum absolute atomic E-state index is 10.4. The molecular weight excluding hydrogens is 202 g/mol. The molecule has 0 aromatic heterocycles. The van der Waals surface area contributed by atoms with Gasteiger partial charge in [0.15, 0.2) is 0 Å². The summed E-state index contributed by atoms with van der Waals surface area (Å²) in [6, 6.07) is 5.58. The number of rotatable bonds is 4. The largest absolute Gasteiger partial charge is 0.477 e. The van der Waals surface area contributed by atoms with Gasteiger partial charge < -0.3 is 5.11 Å². The number of nitrogens with zero attached hydrogens (tertiary/aromatic N) is 2. The Bertz CT molecular complexity index is 416. The van der Waals surface area contributed by atoms with Crippen LogP contribution < -0.4 is 5.43 Å². The van der Waals surface area contributed by atoms with Crippen LogP contribution in [0.5, 0.6) is 0 Å². The van der Waals surface area contributed by atoms with Crippen molar-refractivity contribution in [3.05, 3.63) is 34.4 Å². The Hall–Kier alpha value is -2.44. The third kappa shape index (κ3) is 3.43. The van der Waals surface area contributed by atoms with Crippen LogP contribution in [0.15, 0.2) is 29.4 Å². The van der Waals surface area contributed by atoms with E-state index in [9.17, 15) is 14.9 Å². The van der Waals surface area contributed by atoms with Gasteiger partial charge >= 0.3 is 5.97 Å². The summed E-state index contributed by atoms with van der Waals surface area (Å²) in [5.41, 5.74) is 2.61. The van der Waals surface area contributed by atoms with Gasteiger partial charge in [0.2, 0.25) is 0 Å². The van der Waals surface area contributed by atoms with Crippen LogP contribution in [-0.4, -0.2) is 22.2 Å². The molecule has 0 aliphatic carbocycles. The Morgan fingerprint density at radius 1 is 1.60 bits per heavy atom. The molecule has 0 aliphatic heterocycles. The van der Waals surface area contributed by atoms with Crippen molar-refractivity contribution in [1.29, 1.82) is 0 Å². The van der Waals surface area contributed by atoms with E-state index >= 15 is 0 Å². The fraction of sp³-hybridized carbons (Fsp3) is 0. The zero-order valence-corrected chi connectivity index (χ0v) is 7.45. The molecule has 7 heteroatoms. The summed E-state index contributed by atoms with van der Waals surface area (Å²) in [6.45, 7) is 0. The second-order valence-electron chi connectivity index (χ2n) is 2.52. The molecule has 2 N–H and O–H groups in total. The zero-order valence-electron chi connectivity index (χ0n) is 7.45. The van der Waals surface area contributed by atoms with E-state index in [1.54, 1.807) is 0 Å². The lowest BCUT2D eigenvalue weighted by atomic mass is 10.3. The fourth-order valence-corrected chi connectivity index (χ4v) is 0.851. The van der Waals surface area contributed by atoms with E-state index in [0.717, 1.165) is 0 Å². The van der Waals surface area contributed by atoms with E-state index in [1.165, 1.54) is 24.3 Å². The van der Waals surface area contributed by atoms with Crippen molar-refractivity contribution < 1.29 is 14.8 Å². The Morgan fingerprint density at radius 3 is 2.93 bits per heavy atom. The molecule has 7 nitrogen and oxygen atoms in total. The van der Waals surface area contributed by atoms with Crippen molar-refractivity contribution in [2.45, 2.75) is 0 Å². The molecule has 0 radical (unpaired) electrons. The number of hydrogen-bond donors (Lipinski definition) is 2. The van der Waals surface area contributed by atoms with E-state index in [2.05, 4.69) is 10.5 Å². The number of nitro benzene ring substituents is 1. The molecule has 0 amide bonds. The average molecular weight is 209 g/mol. The first kappa shape index (κ1) is 10.6. The lowest BCUT2D eigenvalue weighted by Crippen LogP contribution is -1.98. The maximum atomic E-state index is 10.4. The van der Waals surface area contributed by atoms with Gasteiger partial charge in [0.25, 0.3) is 5.69 Å². The van der Waals surface area contributed by atoms with Crippen LogP contribution in [0.25, 0.3) is 0 Å². The Balaban J connectivity index is 2.74. The molecule has 1 aromatic rings. The molecule has 0 spiro atoms. The lowest BCUT2D eigenvalue weighted by molar-refractivity contribution is -0.384. The topological polar surface area (TPSA) is 105 Å². The highest BCUT2D eigenvalue weighted by molar-refractivity contribution is 6.22. The first-order valence-electron chi connectivity index (χ1n) is 3.86. The zero-order chi connectivity index (χ0) is 11.3. The Kier molecular flexibility index (Phi) is 3.33. The quantitative estimate of drug-likeness (QED) is 0.438. The number of carboxylic acid groups (broad SMARTS) is 1. The average Bonchev–Trinajstić information content (AvgIpc) is 2.17. The van der Waals surface area contributed by atoms with Crippen molar-refractivity contribution in [2.24, 2.45) is 5.10 Å². The van der Waals surface area contributed by atoms with Crippen molar-refractivity contribution in [2.75, 3.05) is 5.43 Å². The number of hydrogen-bond acceptors (Lipinski definition) is 5. The molecule has 0 fully saturated rings. The van der Waals surface area contributed by atoms with Crippen LogP contribution in [-0.2, 0) is 4.79 Å². The highest BCUT2D eigenvalue weighted by Gasteiger charge is 2.04. The lowest BCUT2D eigenvalue weighted by Gasteiger charge is -1.98. The van der Waals surface area contributed by atoms with Crippen molar-refractivity contribution in [1.82, 2.24) is 0 Å². The van der Waals surface area contributed by atoms with Gasteiger partial charge in [0.05, 0.1) is 10.6 Å². The molecule has 1 aromatic carbocycles. The van der Waals surface area contributed by atoms with Crippen molar-refractivity contribution in [3.63, 3.8) is 0 Å². The summed E-state index contributed by atoms with van der Waals surface area (Å²) in [4.78, 5) is 19.9. The van der Waals surface area contributed by atoms with Gasteiger partial charge in [-0.1, -0.05) is 6.07 Å². The van der Waals surface area contributed by atoms with E-state index in [-0.39, 0.29) is 5.69 Å². The Morgan fingerprint density at radius 2 is 2.33 bits per heavy atom. The standard InChI is InChI=1S/C8H7N3O4/c12-8(13)5-9-10-6-2-1-3-7(4-6)11(14)15/h1-5,10H,(H,12,13). The van der Waals surface area contributed by atoms with Gasteiger partial charge in [-0.3, -0.25) is 15.5 Å². The summed E-state index contributed by atoms with van der Waals surface area (Å²) in [6.07, 6.45) is 0.652. The van der Waals surface area contributed by atoms with E-state index in [0.29, 0.717) is 11.9 Å². The summed E-state index contributed by atoms with van der Waals surface area (Å²) < 4.78 is 0. The molecule has 1 rings (SSSR count). The molecular formula is C8H7N3O4. The summed E-state index contributed by atoms with van der Waals surface area (Å²) in [5.74, 6) is -1.20. The van der Waals surface area contributed by atoms with Crippen LogP contribution in [0, 0.1) is 10.1 Å². The van der Waals surface area contributed by atoms with Gasteiger partial charge in [0.1, 0.15) is 6.21 Å². The van der Waals surface area contributed by atoms with Crippen LogP contribution in [0.3, 0.4) is 0 Å². The summed E-state index contributed by atoms with van der Waals surface area (Å²) in [7, 11) is 0. The highest BCUT2D eigenvalue weighted by atomic mass is 16.6. The number of benzene rings is 1. The molecule has 15 heavy (non-hydrogen) atoms. The molecule has 0 bridgehead atoms. The van der Waals surface area contributed by atoms with Gasteiger partial charge in [-0.2, -0.15) is 5.10 Å². The van der Waals surface area contributed by atoms with Crippen LogP contribution in [0.2, 0.25) is 0 Å². The van der Waals surface area contributed by atoms with E-state index in [1.807, 2.05) is 0 Å². The predicted octanol–water partition coefficient (Wildman–Crippen LogP) is 1.08. The third-order valence-electron chi connectivity index (χ3n) is 1.43. The molecule has 78 valence electrons. The molecule has 0 atom stereocenters. The number of hydrazone groups is 1. The summed E-state index contributed by atoms with van der Waals surface area (Å²) >= 11 is 0. The van der Waals surface area contributed by atoms with E-state index < -0.39 is 10.9 Å². The first-order valence-corrected chi connectivity index (χ1v) is 3.86. The number of nitrogens with one attached hydrogen (secondary N) is 1. The monoisotopic (exact) mass is 209 g/mol. The molecule has 0 aliphatic rings. The van der Waals surface area contributed by atoms with Crippen LogP contribution in [0.1, 0.15) is 0 Å². The van der Waals surface area contributed by atoms with Gasteiger partial charge in [-0.05, 0) is 6.07 Å². The molecule has 0 saturated heterocycles. The minimum absolute atomic E-state index is 0.0921. The number of anilines is 1. The number of aliphatic carboxylic acids is 1. The van der Waals surface area contributed by atoms with Gasteiger partial charge in [0, 0.05) is 12.1 Å². The fourth-order valence-electron chi connectivity index (χ4n) is 0.851. The molecule has 0 saturated carbocycles. The SMILES string of the molecule is O=C(O)C=NNc1cccc([N+](=O)[O-])c1. The number of nitro groups is 1. The molecule has 0 unspecified atom stereocenters. The first-order chi connectivity index (χ1) is 7.09. The van der Waals surface area contributed by atoms with Crippen molar-refractivity contribution in [3.8, 4) is 0 Å². The normalized spacial score (nSPS) is 10.1. The minimum atomic E-state index is -1.20. The maximum Gasteiger partial charge on any atom is 0.348 e. The van der Waals surface area contributed by atoms with Gasteiger partial charge in [-0.25, -0.2) is 4.79 Å². The van der Waals surface area contributed by atoms with Crippen molar-refractivity contribution >= 4 is 23.6 Å². The van der Waals surface area contributed by atoms with Crippen LogP contribution >= 0.6 is 0 Å². The highest BCUT2D eigenvalue weighted by Crippen LogP contribution is 2.16. The minimum Gasteiger partial charge on any atom is -0.477 e. The second-order valence-corrected chi connectivity index (χ2v) is 2.52. The Labute approximate surface area is 84.2 Å². The third-order valence-corrected chi connectivity index (χ3v) is 1.43. The smallest absolute Gasteiger partial charge is 0.348 e. The predicted molar refractivity (Wildman–Crippen MR) is 52.8 cm³/mol. The molecule has 0 heterocycles. The number of non-ortho nitro benzene ring substituents is 1. The van der Waals surface area contributed by atoms with E-state index in [4.69, 9.17) is 5.11 Å². The summed E-state index contributed by atoms with van der Waals surface area (Å²) in [5, 5.41) is 22.0. The number of carboxylic acids is 1.